The minimum Gasteiger partial charge on any atom is -0.411 e. The third-order valence-electron chi connectivity index (χ3n) is 4.12. The Hall–Kier alpha value is -2.47. The predicted octanol–water partition coefficient (Wildman–Crippen LogP) is 5.37. The van der Waals surface area contributed by atoms with Crippen molar-refractivity contribution < 1.29 is 24.0 Å². The Morgan fingerprint density at radius 1 is 0.821 bits per heavy atom. The van der Waals surface area contributed by atoms with E-state index < -0.39 is 20.5 Å². The van der Waals surface area contributed by atoms with Gasteiger partial charge in [-0.1, -0.05) is 71.0 Å². The summed E-state index contributed by atoms with van der Waals surface area (Å²) in [4.78, 5) is 0. The lowest BCUT2D eigenvalue weighted by molar-refractivity contribution is 0.134. The van der Waals surface area contributed by atoms with E-state index in [1.807, 2.05) is 60.7 Å². The molecule has 2 aromatic carbocycles. The summed E-state index contributed by atoms with van der Waals surface area (Å²) in [7, 11) is -2.91. The molecule has 0 bridgehead atoms. The summed E-state index contributed by atoms with van der Waals surface area (Å²) in [5, 5.41) is 24.3. The van der Waals surface area contributed by atoms with Crippen LogP contribution in [0.4, 0.5) is 0 Å². The van der Waals surface area contributed by atoms with Crippen LogP contribution in [0.3, 0.4) is 0 Å². The molecule has 0 aliphatic carbocycles. The first-order valence-corrected chi connectivity index (χ1v) is 10.1. The minimum atomic E-state index is -2.91. The zero-order chi connectivity index (χ0) is 20.4. The summed E-state index contributed by atoms with van der Waals surface area (Å²) in [5.74, 6) is 0. The van der Waals surface area contributed by atoms with Crippen molar-refractivity contribution in [2.75, 3.05) is 0 Å². The van der Waals surface area contributed by atoms with E-state index in [-0.39, 0.29) is 12.8 Å². The molecule has 150 valence electrons. The summed E-state index contributed by atoms with van der Waals surface area (Å²) >= 11 is 0. The van der Waals surface area contributed by atoms with E-state index in [0.29, 0.717) is 11.4 Å². The van der Waals surface area contributed by atoms with E-state index in [1.54, 1.807) is 13.8 Å². The maximum Gasteiger partial charge on any atom is 0.320 e. The van der Waals surface area contributed by atoms with Gasteiger partial charge >= 0.3 is 8.25 Å². The Bertz CT molecular complexity index is 744. The second kappa shape index (κ2) is 11.4. The molecule has 0 aromatic heterocycles. The monoisotopic (exact) mass is 404 g/mol. The van der Waals surface area contributed by atoms with E-state index in [0.717, 1.165) is 11.1 Å². The number of benzene rings is 2. The summed E-state index contributed by atoms with van der Waals surface area (Å²) in [6.07, 6.45) is -0.610. The lowest BCUT2D eigenvalue weighted by Crippen LogP contribution is -2.09. The summed E-state index contributed by atoms with van der Waals surface area (Å²) in [6.45, 7) is 3.32. The maximum absolute atomic E-state index is 12.7. The quantitative estimate of drug-likeness (QED) is 0.240. The van der Waals surface area contributed by atoms with Crippen molar-refractivity contribution in [2.24, 2.45) is 10.3 Å². The highest BCUT2D eigenvalue weighted by Crippen LogP contribution is 2.40. The normalized spacial score (nSPS) is 15.8. The smallest absolute Gasteiger partial charge is 0.320 e. The minimum absolute atomic E-state index is 0.271. The highest BCUT2D eigenvalue weighted by molar-refractivity contribution is 7.33. The number of hydrogen-bond donors (Lipinski definition) is 2. The molecule has 0 aliphatic rings. The van der Waals surface area contributed by atoms with Crippen molar-refractivity contribution in [3.8, 4) is 0 Å². The molecule has 0 heterocycles. The Labute approximate surface area is 165 Å². The zero-order valence-corrected chi connectivity index (χ0v) is 16.9. The van der Waals surface area contributed by atoms with Crippen molar-refractivity contribution in [2.45, 2.75) is 38.9 Å². The lowest BCUT2D eigenvalue weighted by Gasteiger charge is -2.21. The molecule has 2 N–H and O–H groups in total. The molecule has 0 aliphatic heterocycles. The third kappa shape index (κ3) is 6.93. The fourth-order valence-corrected chi connectivity index (χ4v) is 3.63. The van der Waals surface area contributed by atoms with Gasteiger partial charge in [0.15, 0.2) is 0 Å². The molecule has 0 radical (unpaired) electrons. The third-order valence-corrected chi connectivity index (χ3v) is 5.08. The molecule has 2 rings (SSSR count). The second-order valence-electron chi connectivity index (χ2n) is 6.36. The Morgan fingerprint density at radius 2 is 1.18 bits per heavy atom. The van der Waals surface area contributed by atoms with Gasteiger partial charge in [0.2, 0.25) is 0 Å². The second-order valence-corrected chi connectivity index (χ2v) is 7.33. The molecular formula is C20H25N2O5P. The van der Waals surface area contributed by atoms with Crippen molar-refractivity contribution in [1.29, 1.82) is 0 Å². The topological polar surface area (TPSA) is 101 Å². The zero-order valence-electron chi connectivity index (χ0n) is 15.9. The van der Waals surface area contributed by atoms with Gasteiger partial charge in [0.25, 0.3) is 0 Å². The van der Waals surface area contributed by atoms with Crippen molar-refractivity contribution in [1.82, 2.24) is 0 Å². The van der Waals surface area contributed by atoms with Crippen LogP contribution >= 0.6 is 8.25 Å². The van der Waals surface area contributed by atoms with Crippen LogP contribution in [0.25, 0.3) is 0 Å². The summed E-state index contributed by atoms with van der Waals surface area (Å²) in [6, 6.07) is 18.5. The van der Waals surface area contributed by atoms with Crippen molar-refractivity contribution in [3.63, 3.8) is 0 Å². The number of oxime groups is 2. The summed E-state index contributed by atoms with van der Waals surface area (Å²) < 4.78 is 24.1. The van der Waals surface area contributed by atoms with Crippen LogP contribution in [0, 0.1) is 0 Å². The van der Waals surface area contributed by atoms with Crippen LogP contribution in [0.2, 0.25) is 0 Å². The fraction of sp³-hybridized carbons (Fsp3) is 0.300. The molecule has 2 aromatic rings. The molecule has 0 saturated carbocycles. The van der Waals surface area contributed by atoms with E-state index >= 15 is 0 Å². The predicted molar refractivity (Wildman–Crippen MR) is 109 cm³/mol. The van der Waals surface area contributed by atoms with E-state index in [9.17, 15) is 4.57 Å². The number of hydrogen-bond acceptors (Lipinski definition) is 7. The van der Waals surface area contributed by atoms with Crippen LogP contribution in [-0.2, 0) is 13.6 Å². The standard InChI is InChI=1S/C20H25N2O5P/c1-15(21-23)13-19(17-9-5-3-6-10-17)26-28(25)27-20(14-16(2)22-24)18-11-7-4-8-12-18/h3-12,19-20,23-24,28H,13-14H2,1-2H3. The molecule has 8 heteroatoms. The van der Waals surface area contributed by atoms with Crippen LogP contribution in [0.15, 0.2) is 71.0 Å². The first kappa shape index (κ1) is 21.8. The SMILES string of the molecule is CC(CC(O[PH](=O)OC(CC(C)=NO)c1ccccc1)c1ccccc1)=NO. The number of rotatable bonds is 10. The highest BCUT2D eigenvalue weighted by Gasteiger charge is 2.22. The molecule has 2 unspecified atom stereocenters. The van der Waals surface area contributed by atoms with Gasteiger partial charge in [-0.15, -0.1) is 0 Å². The Kier molecular flexibility index (Phi) is 8.88. The van der Waals surface area contributed by atoms with Gasteiger partial charge in [-0.3, -0.25) is 4.57 Å². The first-order valence-electron chi connectivity index (χ1n) is 8.85. The molecule has 7 nitrogen and oxygen atoms in total. The fourth-order valence-electron chi connectivity index (χ4n) is 2.67. The Balaban J connectivity index is 2.16. The van der Waals surface area contributed by atoms with Crippen molar-refractivity contribution in [3.05, 3.63) is 71.8 Å². The van der Waals surface area contributed by atoms with Gasteiger partial charge in [0.1, 0.15) is 0 Å². The van der Waals surface area contributed by atoms with Crippen LogP contribution in [0.5, 0.6) is 0 Å². The average Bonchev–Trinajstić information content (AvgIpc) is 2.73. The average molecular weight is 404 g/mol. The van der Waals surface area contributed by atoms with Gasteiger partial charge < -0.3 is 19.5 Å². The van der Waals surface area contributed by atoms with Crippen LogP contribution in [0.1, 0.15) is 50.0 Å². The molecular weight excluding hydrogens is 379 g/mol. The molecule has 0 amide bonds. The molecule has 0 fully saturated rings. The molecule has 28 heavy (non-hydrogen) atoms. The van der Waals surface area contributed by atoms with Crippen LogP contribution < -0.4 is 0 Å². The summed E-state index contributed by atoms with van der Waals surface area (Å²) in [5.41, 5.74) is 2.51. The first-order chi connectivity index (χ1) is 13.5. The molecule has 0 saturated heterocycles. The van der Waals surface area contributed by atoms with Gasteiger partial charge in [-0.2, -0.15) is 0 Å². The van der Waals surface area contributed by atoms with E-state index in [1.165, 1.54) is 0 Å². The maximum atomic E-state index is 12.7. The van der Waals surface area contributed by atoms with Gasteiger partial charge in [-0.05, 0) is 25.0 Å². The Morgan fingerprint density at radius 3 is 1.50 bits per heavy atom. The molecule has 0 spiro atoms. The lowest BCUT2D eigenvalue weighted by atomic mass is 10.0. The van der Waals surface area contributed by atoms with Gasteiger partial charge in [0.05, 0.1) is 23.6 Å². The van der Waals surface area contributed by atoms with Gasteiger partial charge in [0, 0.05) is 12.8 Å². The highest BCUT2D eigenvalue weighted by atomic mass is 31.1. The van der Waals surface area contributed by atoms with Crippen molar-refractivity contribution >= 4 is 19.7 Å². The van der Waals surface area contributed by atoms with Crippen LogP contribution in [-0.4, -0.2) is 21.8 Å². The largest absolute Gasteiger partial charge is 0.411 e. The number of nitrogens with zero attached hydrogens (tertiary/aromatic N) is 2. The molecule has 2 atom stereocenters. The van der Waals surface area contributed by atoms with E-state index in [2.05, 4.69) is 10.3 Å². The van der Waals surface area contributed by atoms with Gasteiger partial charge in [-0.25, -0.2) is 0 Å². The van der Waals surface area contributed by atoms with E-state index in [4.69, 9.17) is 19.5 Å².